The van der Waals surface area contributed by atoms with Gasteiger partial charge in [-0.1, -0.05) is 0 Å². The number of amides is 2. The Labute approximate surface area is 271 Å². The van der Waals surface area contributed by atoms with E-state index in [0.29, 0.717) is 53.8 Å². The highest BCUT2D eigenvalue weighted by Crippen LogP contribution is 2.65. The Balaban J connectivity index is 0.000000120. The lowest BCUT2D eigenvalue weighted by atomic mass is 9.46. The second-order valence-electron chi connectivity index (χ2n) is 18.8. The molecule has 10 saturated carbocycles. The third-order valence-corrected chi connectivity index (χ3v) is 15.4. The fourth-order valence-electron chi connectivity index (χ4n) is 14.4. The minimum Gasteiger partial charge on any atom is -0.390 e. The molecule has 0 aromatic rings. The van der Waals surface area contributed by atoms with Crippen molar-refractivity contribution < 1.29 is 19.8 Å². The van der Waals surface area contributed by atoms with Gasteiger partial charge in [0, 0.05) is 17.5 Å². The zero-order chi connectivity index (χ0) is 31.5. The van der Waals surface area contributed by atoms with E-state index in [1.165, 1.54) is 12.8 Å². The maximum atomic E-state index is 13.3. The van der Waals surface area contributed by atoms with E-state index in [1.807, 2.05) is 0 Å². The number of nitrogens with two attached hydrogens (primary N) is 2. The number of amidine groups is 1. The molecule has 0 spiro atoms. The minimum atomic E-state index is -0.594. The summed E-state index contributed by atoms with van der Waals surface area (Å²) in [5, 5.41) is 31.2. The Hall–Kier alpha value is -2.22. The summed E-state index contributed by atoms with van der Waals surface area (Å²) in [7, 11) is 0. The van der Waals surface area contributed by atoms with Crippen molar-refractivity contribution in [1.82, 2.24) is 9.80 Å². The van der Waals surface area contributed by atoms with Gasteiger partial charge in [0.2, 0.25) is 11.8 Å². The van der Waals surface area contributed by atoms with Crippen molar-refractivity contribution in [2.24, 2.45) is 62.8 Å². The number of aliphatic hydroxyl groups is 2. The highest BCUT2D eigenvalue weighted by Gasteiger charge is 2.66. The van der Waals surface area contributed by atoms with E-state index in [4.69, 9.17) is 16.5 Å². The Kier molecular flexibility index (Phi) is 5.67. The largest absolute Gasteiger partial charge is 0.390 e. The van der Waals surface area contributed by atoms with Crippen molar-refractivity contribution in [3.63, 3.8) is 0 Å². The first-order chi connectivity index (χ1) is 21.9. The second-order valence-corrected chi connectivity index (χ2v) is 18.8. The molecule has 3 heterocycles. The van der Waals surface area contributed by atoms with Gasteiger partial charge in [0.25, 0.3) is 0 Å². The number of fused-ring (bicyclic) bond motifs is 4. The van der Waals surface area contributed by atoms with Crippen LogP contribution in [0.4, 0.5) is 0 Å². The molecule has 12 fully saturated rings. The number of carbonyl (C=O) groups excluding carboxylic acids is 2. The van der Waals surface area contributed by atoms with Crippen LogP contribution in [0, 0.1) is 57.7 Å². The highest BCUT2D eigenvalue weighted by atomic mass is 16.3. The average Bonchev–Trinajstić information content (AvgIpc) is 3.85. The quantitative estimate of drug-likeness (QED) is 0.371. The van der Waals surface area contributed by atoms with Crippen molar-refractivity contribution in [3.05, 3.63) is 0 Å². The van der Waals surface area contributed by atoms with Gasteiger partial charge >= 0.3 is 0 Å². The third kappa shape index (κ3) is 4.00. The van der Waals surface area contributed by atoms with Crippen LogP contribution < -0.4 is 11.5 Å². The molecule has 13 aliphatic rings. The molecule has 0 aromatic heterocycles. The van der Waals surface area contributed by atoms with Gasteiger partial charge in [0.05, 0.1) is 29.4 Å². The maximum Gasteiger partial charge on any atom is 0.248 e. The van der Waals surface area contributed by atoms with E-state index in [1.54, 1.807) is 4.90 Å². The third-order valence-electron chi connectivity index (χ3n) is 15.4. The second kappa shape index (κ2) is 9.06. The van der Waals surface area contributed by atoms with Crippen molar-refractivity contribution in [1.29, 1.82) is 5.26 Å². The topological polar surface area (TPSA) is 169 Å². The van der Waals surface area contributed by atoms with Gasteiger partial charge in [-0.15, -0.1) is 0 Å². The van der Waals surface area contributed by atoms with Gasteiger partial charge in [-0.25, -0.2) is 0 Å². The summed E-state index contributed by atoms with van der Waals surface area (Å²) in [5.41, 5.74) is 11.3. The van der Waals surface area contributed by atoms with Crippen LogP contribution in [-0.2, 0) is 9.59 Å². The number of hydrogen-bond donors (Lipinski definition) is 4. The molecule has 248 valence electrons. The van der Waals surface area contributed by atoms with Gasteiger partial charge in [-0.3, -0.25) is 14.6 Å². The lowest BCUT2D eigenvalue weighted by molar-refractivity contribution is -0.178. The molecule has 46 heavy (non-hydrogen) atoms. The van der Waals surface area contributed by atoms with Gasteiger partial charge in [-0.2, -0.15) is 5.26 Å². The van der Waals surface area contributed by atoms with Crippen LogP contribution >= 0.6 is 0 Å². The van der Waals surface area contributed by atoms with Gasteiger partial charge in [-0.05, 0) is 144 Å². The summed E-state index contributed by atoms with van der Waals surface area (Å²) in [4.78, 5) is 35.1. The summed E-state index contributed by atoms with van der Waals surface area (Å²) in [6, 6.07) is 1.90. The first kappa shape index (κ1) is 28.8. The van der Waals surface area contributed by atoms with Crippen molar-refractivity contribution in [2.75, 3.05) is 0 Å². The SMILES string of the molecule is N#CC1CC2CC2N1C(=O)C(N)C12CC3CC(CC(O)(C3)C1)C2.NC1=NC(C23CC4CC(CC(O)(C4)C2)C3)C(=O)N2C1CC1CC12. The number of nitriles is 1. The molecule has 10 nitrogen and oxygen atoms in total. The molecule has 12 atom stereocenters. The molecular weight excluding hydrogens is 580 g/mol. The molecule has 13 rings (SSSR count). The minimum absolute atomic E-state index is 0.0212. The van der Waals surface area contributed by atoms with E-state index >= 15 is 0 Å². The normalized spacial score (nSPS) is 56.3. The molecule has 10 heteroatoms. The molecule has 10 aliphatic carbocycles. The number of carbonyl (C=O) groups is 2. The van der Waals surface area contributed by atoms with E-state index in [9.17, 15) is 25.1 Å². The monoisotopic (exact) mass is 630 g/mol. The molecule has 3 aliphatic heterocycles. The Bertz CT molecular complexity index is 1440. The molecular formula is C36H50N6O4. The predicted octanol–water partition coefficient (Wildman–Crippen LogP) is 2.20. The van der Waals surface area contributed by atoms with E-state index in [0.717, 1.165) is 83.5 Å². The lowest BCUT2D eigenvalue weighted by Crippen LogP contribution is -2.64. The van der Waals surface area contributed by atoms with Crippen LogP contribution in [0.15, 0.2) is 4.99 Å². The fraction of sp³-hybridized carbons (Fsp3) is 0.889. The van der Waals surface area contributed by atoms with E-state index in [-0.39, 0.29) is 46.8 Å². The van der Waals surface area contributed by atoms with Crippen molar-refractivity contribution in [3.8, 4) is 6.07 Å². The van der Waals surface area contributed by atoms with Gasteiger partial charge < -0.3 is 31.5 Å². The Morgan fingerprint density at radius 1 is 0.848 bits per heavy atom. The molecule has 12 unspecified atom stereocenters. The number of rotatable bonds is 3. The summed E-state index contributed by atoms with van der Waals surface area (Å²) >= 11 is 0. The van der Waals surface area contributed by atoms with E-state index < -0.39 is 17.2 Å². The highest BCUT2D eigenvalue weighted by molar-refractivity contribution is 5.99. The molecule has 2 saturated heterocycles. The summed E-state index contributed by atoms with van der Waals surface area (Å²) in [6.07, 6.45) is 15.6. The fourth-order valence-corrected chi connectivity index (χ4v) is 14.4. The predicted molar refractivity (Wildman–Crippen MR) is 167 cm³/mol. The number of aliphatic imine (C=N–C) groups is 1. The van der Waals surface area contributed by atoms with Crippen molar-refractivity contribution >= 4 is 17.6 Å². The number of likely N-dealkylation sites (tertiary alicyclic amines) is 1. The van der Waals surface area contributed by atoms with Crippen LogP contribution in [-0.4, -0.2) is 85.1 Å². The average molecular weight is 631 g/mol. The maximum absolute atomic E-state index is 13.3. The summed E-state index contributed by atoms with van der Waals surface area (Å²) < 4.78 is 0. The van der Waals surface area contributed by atoms with Crippen LogP contribution in [0.3, 0.4) is 0 Å². The van der Waals surface area contributed by atoms with Crippen LogP contribution in [0.5, 0.6) is 0 Å². The smallest absolute Gasteiger partial charge is 0.248 e. The first-order valence-corrected chi connectivity index (χ1v) is 18.5. The van der Waals surface area contributed by atoms with E-state index in [2.05, 4.69) is 11.0 Å². The summed E-state index contributed by atoms with van der Waals surface area (Å²) in [5.74, 6) is 4.29. The zero-order valence-electron chi connectivity index (χ0n) is 26.9. The lowest BCUT2D eigenvalue weighted by Gasteiger charge is -2.62. The zero-order valence-corrected chi connectivity index (χ0v) is 26.9. The first-order valence-electron chi connectivity index (χ1n) is 18.5. The van der Waals surface area contributed by atoms with Crippen molar-refractivity contribution in [2.45, 2.75) is 150 Å². The molecule has 2 amide bonds. The standard InChI is InChI=1S/2C18H25N3O2/c19-15-13-3-11-2-12(11)21(13)16(22)14(20-15)17-4-9-1-10(5-17)7-18(23,6-9)8-17;19-8-13-2-12-3-14(12)21(13)16(22)15(20)17-4-10-1-11(5-17)7-18(23,6-10)9-17/h9-14,23H,1-8H2,(H2,19,20);10-15,23H,1-7,9,20H2. The molecule has 0 aromatic carbocycles. The Morgan fingerprint density at radius 2 is 1.43 bits per heavy atom. The van der Waals surface area contributed by atoms with Gasteiger partial charge in [0.15, 0.2) is 0 Å². The van der Waals surface area contributed by atoms with Crippen LogP contribution in [0.2, 0.25) is 0 Å². The summed E-state index contributed by atoms with van der Waals surface area (Å²) in [6.45, 7) is 0. The molecule has 0 radical (unpaired) electrons. The van der Waals surface area contributed by atoms with Crippen LogP contribution in [0.1, 0.15) is 103 Å². The molecule has 6 N–H and O–H groups in total. The Morgan fingerprint density at radius 3 is 2.04 bits per heavy atom. The van der Waals surface area contributed by atoms with Crippen LogP contribution in [0.25, 0.3) is 0 Å². The molecule has 8 bridgehead atoms. The number of hydrogen-bond acceptors (Lipinski definition) is 8. The van der Waals surface area contributed by atoms with Gasteiger partial charge in [0.1, 0.15) is 17.9 Å². The number of piperidine rings is 2. The number of nitrogens with zero attached hydrogens (tertiary/aromatic N) is 4.